The highest BCUT2D eigenvalue weighted by molar-refractivity contribution is 9.10. The van der Waals surface area contributed by atoms with E-state index in [1.165, 1.54) is 18.2 Å². The molecule has 10 heteroatoms. The number of nitrogens with zero attached hydrogens (tertiary/aromatic N) is 1. The SMILES string of the molecule is Cc1ccccc1NC(=O)COc1ccc(/C=C2\SC(=O)N(Cc3c(F)cccc3Cl)C2=O)cc1Br. The number of halogens is 3. The monoisotopic (exact) mass is 588 g/mol. The van der Waals surface area contributed by atoms with Gasteiger partial charge >= 0.3 is 0 Å². The summed E-state index contributed by atoms with van der Waals surface area (Å²) in [5, 5.41) is 2.43. The molecule has 0 bridgehead atoms. The maximum atomic E-state index is 14.1. The molecule has 0 atom stereocenters. The van der Waals surface area contributed by atoms with E-state index in [4.69, 9.17) is 16.3 Å². The summed E-state index contributed by atoms with van der Waals surface area (Å²) < 4.78 is 20.3. The third-order valence-corrected chi connectivity index (χ3v) is 7.16. The summed E-state index contributed by atoms with van der Waals surface area (Å²) in [6.07, 6.45) is 1.56. The van der Waals surface area contributed by atoms with E-state index >= 15 is 0 Å². The van der Waals surface area contributed by atoms with Gasteiger partial charge in [0.25, 0.3) is 17.1 Å². The van der Waals surface area contributed by atoms with Crippen LogP contribution in [0, 0.1) is 12.7 Å². The summed E-state index contributed by atoms with van der Waals surface area (Å²) in [7, 11) is 0. The van der Waals surface area contributed by atoms with Crippen LogP contribution in [0.5, 0.6) is 5.75 Å². The minimum Gasteiger partial charge on any atom is -0.483 e. The molecule has 0 spiro atoms. The van der Waals surface area contributed by atoms with E-state index in [0.29, 0.717) is 21.5 Å². The molecule has 0 aromatic heterocycles. The largest absolute Gasteiger partial charge is 0.483 e. The van der Waals surface area contributed by atoms with Crippen molar-refractivity contribution >= 4 is 68.1 Å². The van der Waals surface area contributed by atoms with Gasteiger partial charge in [0, 0.05) is 16.3 Å². The molecule has 4 rings (SSSR count). The standard InChI is InChI=1S/C26H19BrClFN2O4S/c1-15-5-2-3-8-21(15)30-24(32)14-35-22-10-9-16(11-18(22)27)12-23-25(33)31(26(34)36-23)13-17-19(28)6-4-7-20(17)29/h2-12H,13-14H2,1H3,(H,30,32)/b23-12-. The predicted octanol–water partition coefficient (Wildman–Crippen LogP) is 6.80. The van der Waals surface area contributed by atoms with Crippen LogP contribution in [-0.4, -0.2) is 28.6 Å². The van der Waals surface area contributed by atoms with E-state index in [-0.39, 0.29) is 34.6 Å². The topological polar surface area (TPSA) is 75.7 Å². The van der Waals surface area contributed by atoms with Gasteiger partial charge in [0.2, 0.25) is 0 Å². The average molecular weight is 590 g/mol. The summed E-state index contributed by atoms with van der Waals surface area (Å²) in [5.41, 5.74) is 2.37. The second kappa shape index (κ2) is 11.3. The second-order valence-electron chi connectivity index (χ2n) is 7.81. The van der Waals surface area contributed by atoms with Gasteiger partial charge < -0.3 is 10.1 Å². The quantitative estimate of drug-likeness (QED) is 0.307. The highest BCUT2D eigenvalue weighted by Crippen LogP contribution is 2.35. The van der Waals surface area contributed by atoms with Crippen LogP contribution in [0.3, 0.4) is 0 Å². The van der Waals surface area contributed by atoms with Crippen LogP contribution < -0.4 is 10.1 Å². The van der Waals surface area contributed by atoms with Gasteiger partial charge in [-0.3, -0.25) is 19.3 Å². The number of aryl methyl sites for hydroxylation is 1. The Hall–Kier alpha value is -3.14. The molecule has 0 saturated carbocycles. The van der Waals surface area contributed by atoms with Crippen molar-refractivity contribution in [1.29, 1.82) is 0 Å². The first kappa shape index (κ1) is 25.9. The van der Waals surface area contributed by atoms with Crippen LogP contribution in [-0.2, 0) is 16.1 Å². The number of anilines is 1. The van der Waals surface area contributed by atoms with Crippen molar-refractivity contribution in [3.8, 4) is 5.75 Å². The molecule has 3 amide bonds. The van der Waals surface area contributed by atoms with Crippen LogP contribution in [0.1, 0.15) is 16.7 Å². The van der Waals surface area contributed by atoms with Crippen molar-refractivity contribution < 1.29 is 23.5 Å². The predicted molar refractivity (Wildman–Crippen MR) is 142 cm³/mol. The number of nitrogens with one attached hydrogen (secondary N) is 1. The van der Waals surface area contributed by atoms with Crippen LogP contribution in [0.4, 0.5) is 14.9 Å². The van der Waals surface area contributed by atoms with Gasteiger partial charge in [-0.15, -0.1) is 0 Å². The molecule has 36 heavy (non-hydrogen) atoms. The molecule has 3 aromatic rings. The van der Waals surface area contributed by atoms with E-state index in [0.717, 1.165) is 22.2 Å². The normalized spacial score (nSPS) is 14.4. The fourth-order valence-electron chi connectivity index (χ4n) is 3.40. The van der Waals surface area contributed by atoms with E-state index in [1.807, 2.05) is 31.2 Å². The Balaban J connectivity index is 1.41. The molecule has 3 aromatic carbocycles. The number of benzene rings is 3. The molecule has 1 aliphatic rings. The molecule has 0 radical (unpaired) electrons. The minimum atomic E-state index is -0.586. The Bertz CT molecular complexity index is 1380. The Morgan fingerprint density at radius 2 is 1.94 bits per heavy atom. The summed E-state index contributed by atoms with van der Waals surface area (Å²) >= 11 is 10.2. The highest BCUT2D eigenvalue weighted by atomic mass is 79.9. The van der Waals surface area contributed by atoms with Crippen LogP contribution >= 0.6 is 39.3 Å². The number of thioether (sulfide) groups is 1. The van der Waals surface area contributed by atoms with Crippen LogP contribution in [0.25, 0.3) is 6.08 Å². The zero-order valence-electron chi connectivity index (χ0n) is 18.9. The first-order valence-electron chi connectivity index (χ1n) is 10.7. The van der Waals surface area contributed by atoms with Gasteiger partial charge in [0.15, 0.2) is 6.61 Å². The Labute approximate surface area is 224 Å². The number of imide groups is 1. The molecule has 1 saturated heterocycles. The van der Waals surface area contributed by atoms with E-state index in [2.05, 4.69) is 21.2 Å². The molecule has 1 N–H and O–H groups in total. The fraction of sp³-hybridized carbons (Fsp3) is 0.115. The summed E-state index contributed by atoms with van der Waals surface area (Å²) in [5.74, 6) is -0.982. The zero-order chi connectivity index (χ0) is 25.8. The summed E-state index contributed by atoms with van der Waals surface area (Å²) in [4.78, 5) is 38.7. The molecular formula is C26H19BrClFN2O4S. The number of amides is 3. The molecule has 0 aliphatic carbocycles. The minimum absolute atomic E-state index is 0.0819. The molecule has 1 aliphatic heterocycles. The number of para-hydroxylation sites is 1. The third-order valence-electron chi connectivity index (χ3n) is 5.28. The molecular weight excluding hydrogens is 571 g/mol. The second-order valence-corrected chi connectivity index (χ2v) is 10.1. The number of rotatable bonds is 7. The molecule has 6 nitrogen and oxygen atoms in total. The lowest BCUT2D eigenvalue weighted by atomic mass is 10.2. The molecule has 0 unspecified atom stereocenters. The van der Waals surface area contributed by atoms with Gasteiger partial charge in [-0.05, 0) is 82.2 Å². The van der Waals surface area contributed by atoms with Gasteiger partial charge in [-0.25, -0.2) is 4.39 Å². The number of carbonyl (C=O) groups is 3. The highest BCUT2D eigenvalue weighted by Gasteiger charge is 2.35. The van der Waals surface area contributed by atoms with Crippen molar-refractivity contribution in [1.82, 2.24) is 4.90 Å². The van der Waals surface area contributed by atoms with Gasteiger partial charge in [-0.1, -0.05) is 41.9 Å². The van der Waals surface area contributed by atoms with E-state index < -0.39 is 17.0 Å². The smallest absolute Gasteiger partial charge is 0.293 e. The van der Waals surface area contributed by atoms with Crippen molar-refractivity contribution in [2.24, 2.45) is 0 Å². The third kappa shape index (κ3) is 5.98. The van der Waals surface area contributed by atoms with Crippen LogP contribution in [0.2, 0.25) is 5.02 Å². The van der Waals surface area contributed by atoms with E-state index in [1.54, 1.807) is 24.3 Å². The average Bonchev–Trinajstić information content (AvgIpc) is 3.09. The first-order valence-corrected chi connectivity index (χ1v) is 12.7. The molecule has 184 valence electrons. The summed E-state index contributed by atoms with van der Waals surface area (Å²) in [6, 6.07) is 16.7. The number of ether oxygens (including phenoxy) is 1. The maximum Gasteiger partial charge on any atom is 0.293 e. The van der Waals surface area contributed by atoms with Crippen molar-refractivity contribution in [3.05, 3.63) is 97.6 Å². The van der Waals surface area contributed by atoms with Crippen molar-refractivity contribution in [2.75, 3.05) is 11.9 Å². The number of hydrogen-bond donors (Lipinski definition) is 1. The number of carbonyl (C=O) groups excluding carboxylic acids is 3. The Morgan fingerprint density at radius 1 is 1.17 bits per heavy atom. The van der Waals surface area contributed by atoms with Gasteiger partial charge in [0.05, 0.1) is 15.9 Å². The zero-order valence-corrected chi connectivity index (χ0v) is 22.0. The summed E-state index contributed by atoms with van der Waals surface area (Å²) in [6.45, 7) is 1.45. The first-order chi connectivity index (χ1) is 17.2. The van der Waals surface area contributed by atoms with Crippen LogP contribution in [0.15, 0.2) is 70.0 Å². The lowest BCUT2D eigenvalue weighted by Gasteiger charge is -2.14. The number of hydrogen-bond acceptors (Lipinski definition) is 5. The van der Waals surface area contributed by atoms with Gasteiger partial charge in [-0.2, -0.15) is 0 Å². The van der Waals surface area contributed by atoms with Gasteiger partial charge in [0.1, 0.15) is 11.6 Å². The lowest BCUT2D eigenvalue weighted by molar-refractivity contribution is -0.123. The fourth-order valence-corrected chi connectivity index (χ4v) is 4.97. The molecule has 1 heterocycles. The van der Waals surface area contributed by atoms with Crippen molar-refractivity contribution in [3.63, 3.8) is 0 Å². The van der Waals surface area contributed by atoms with Crippen molar-refractivity contribution in [2.45, 2.75) is 13.5 Å². The Kier molecular flexibility index (Phi) is 8.13. The lowest BCUT2D eigenvalue weighted by Crippen LogP contribution is -2.28. The maximum absolute atomic E-state index is 14.1. The molecule has 1 fully saturated rings. The Morgan fingerprint density at radius 3 is 2.67 bits per heavy atom. The van der Waals surface area contributed by atoms with E-state index in [9.17, 15) is 18.8 Å².